The van der Waals surface area contributed by atoms with E-state index in [1.165, 1.54) is 0 Å². The van der Waals surface area contributed by atoms with Crippen LogP contribution in [0.15, 0.2) is 77.9 Å². The number of benzene rings is 3. The van der Waals surface area contributed by atoms with Crippen molar-refractivity contribution in [3.63, 3.8) is 0 Å². The van der Waals surface area contributed by atoms with Gasteiger partial charge in [0.15, 0.2) is 5.79 Å². The second-order valence-corrected chi connectivity index (χ2v) is 12.2. The first-order valence-electron chi connectivity index (χ1n) is 15.0. The van der Waals surface area contributed by atoms with Gasteiger partial charge < -0.3 is 24.0 Å². The van der Waals surface area contributed by atoms with Crippen LogP contribution in [0.1, 0.15) is 38.8 Å². The molecule has 2 aliphatic heterocycles. The number of nitrogens with zero attached hydrogens (tertiary/aromatic N) is 5. The zero-order valence-corrected chi connectivity index (χ0v) is 26.7. The van der Waals surface area contributed by atoms with Crippen molar-refractivity contribution in [1.29, 1.82) is 0 Å². The van der Waals surface area contributed by atoms with E-state index in [1.807, 2.05) is 51.1 Å². The third-order valence-electron chi connectivity index (χ3n) is 8.47. The first kappa shape index (κ1) is 30.5. The molecule has 0 N–H and O–H groups in total. The van der Waals surface area contributed by atoms with Gasteiger partial charge in [-0.15, -0.1) is 0 Å². The summed E-state index contributed by atoms with van der Waals surface area (Å²) < 4.78 is 21.3. The lowest BCUT2D eigenvalue weighted by molar-refractivity contribution is -0.164. The summed E-state index contributed by atoms with van der Waals surface area (Å²) in [7, 11) is 0. The van der Waals surface area contributed by atoms with Gasteiger partial charge in [0.25, 0.3) is 0 Å². The van der Waals surface area contributed by atoms with Crippen LogP contribution in [-0.4, -0.2) is 59.8 Å². The Bertz CT molecular complexity index is 1630. The Hall–Kier alpha value is -3.50. The van der Waals surface area contributed by atoms with Gasteiger partial charge in [-0.05, 0) is 80.9 Å². The molecule has 2 saturated heterocycles. The van der Waals surface area contributed by atoms with E-state index in [2.05, 4.69) is 39.2 Å². The molecule has 6 rings (SSSR count). The fraction of sp³-hybridized carbons (Fsp3) is 0.394. The molecule has 0 aliphatic carbocycles. The molecule has 0 amide bonds. The number of halogens is 2. The van der Waals surface area contributed by atoms with E-state index in [1.54, 1.807) is 27.7 Å². The summed E-state index contributed by atoms with van der Waals surface area (Å²) in [6.45, 7) is 10.3. The van der Waals surface area contributed by atoms with Gasteiger partial charge in [-0.25, -0.2) is 14.0 Å². The van der Waals surface area contributed by atoms with Crippen LogP contribution in [-0.2, 0) is 15.3 Å². The van der Waals surface area contributed by atoms with Gasteiger partial charge in [0.2, 0.25) is 0 Å². The minimum Gasteiger partial charge on any atom is -0.491 e. The van der Waals surface area contributed by atoms with E-state index in [4.69, 9.17) is 37.4 Å². The summed E-state index contributed by atoms with van der Waals surface area (Å²) >= 11 is 12.4. The highest BCUT2D eigenvalue weighted by molar-refractivity contribution is 6.35. The molecule has 0 spiro atoms. The Kier molecular flexibility index (Phi) is 8.91. The van der Waals surface area contributed by atoms with Crippen molar-refractivity contribution in [2.24, 2.45) is 0 Å². The van der Waals surface area contributed by atoms with Gasteiger partial charge in [0, 0.05) is 48.1 Å². The van der Waals surface area contributed by atoms with Crippen molar-refractivity contribution in [1.82, 2.24) is 14.3 Å². The smallest absolute Gasteiger partial charge is 0.350 e. The molecule has 2 aliphatic rings. The first-order chi connectivity index (χ1) is 21.2. The van der Waals surface area contributed by atoms with Crippen molar-refractivity contribution >= 4 is 34.6 Å². The quantitative estimate of drug-likeness (QED) is 0.213. The standard InChI is InChI=1S/C33H37Cl2N5O4/c1-4-23(2)40-32(41)39(22-36-40)27-8-6-25(7-9-27)37-15-17-38(18-16-37)26-10-12-28(13-11-26)42-20-29-21-43-33(3,44-29)30-14-5-24(34)19-31(30)35/h5-14,19,22-23,29H,4,15-18,20-21H2,1-3H3/t23-,29+,33-/m0/s1. The Labute approximate surface area is 267 Å². The minimum absolute atomic E-state index is 0.0725. The largest absolute Gasteiger partial charge is 0.491 e. The summed E-state index contributed by atoms with van der Waals surface area (Å²) in [6.07, 6.45) is 2.23. The van der Waals surface area contributed by atoms with Crippen LogP contribution in [0.3, 0.4) is 0 Å². The summed E-state index contributed by atoms with van der Waals surface area (Å²) in [5, 5.41) is 5.37. The lowest BCUT2D eigenvalue weighted by atomic mass is 10.1. The zero-order chi connectivity index (χ0) is 30.8. The van der Waals surface area contributed by atoms with Crippen LogP contribution in [0, 0.1) is 0 Å². The second kappa shape index (κ2) is 12.9. The van der Waals surface area contributed by atoms with Gasteiger partial charge in [0.1, 0.15) is 24.8 Å². The Morgan fingerprint density at radius 3 is 2.18 bits per heavy atom. The van der Waals surface area contributed by atoms with E-state index in [0.29, 0.717) is 23.3 Å². The van der Waals surface area contributed by atoms with E-state index in [9.17, 15) is 4.79 Å². The monoisotopic (exact) mass is 637 g/mol. The molecule has 4 aromatic rings. The van der Waals surface area contributed by atoms with Crippen LogP contribution >= 0.6 is 23.2 Å². The fourth-order valence-corrected chi connectivity index (χ4v) is 6.26. The van der Waals surface area contributed by atoms with Gasteiger partial charge in [-0.3, -0.25) is 0 Å². The summed E-state index contributed by atoms with van der Waals surface area (Å²) in [5.74, 6) is -0.163. The molecule has 3 heterocycles. The number of aromatic nitrogens is 3. The molecule has 0 radical (unpaired) electrons. The Morgan fingerprint density at radius 2 is 1.57 bits per heavy atom. The SMILES string of the molecule is CC[C@H](C)n1ncn(-c2ccc(N3CCN(c4ccc(OC[C@@H]5CO[C@](C)(c6ccc(Cl)cc6Cl)O5)cc4)CC3)cc2)c1=O. The van der Waals surface area contributed by atoms with Crippen molar-refractivity contribution in [3.8, 4) is 11.4 Å². The highest BCUT2D eigenvalue weighted by Gasteiger charge is 2.40. The second-order valence-electron chi connectivity index (χ2n) is 11.4. The maximum atomic E-state index is 12.8. The van der Waals surface area contributed by atoms with Gasteiger partial charge in [0.05, 0.1) is 23.4 Å². The lowest BCUT2D eigenvalue weighted by Gasteiger charge is -2.37. The molecule has 0 bridgehead atoms. The third kappa shape index (κ3) is 6.33. The maximum absolute atomic E-state index is 12.8. The van der Waals surface area contributed by atoms with E-state index < -0.39 is 5.79 Å². The molecule has 3 atom stereocenters. The third-order valence-corrected chi connectivity index (χ3v) is 9.02. The van der Waals surface area contributed by atoms with Gasteiger partial charge in [-0.1, -0.05) is 36.2 Å². The van der Waals surface area contributed by atoms with Crippen LogP contribution in [0.2, 0.25) is 10.0 Å². The van der Waals surface area contributed by atoms with Crippen LogP contribution < -0.4 is 20.2 Å². The van der Waals surface area contributed by atoms with Crippen LogP contribution in [0.4, 0.5) is 11.4 Å². The predicted octanol–water partition coefficient (Wildman–Crippen LogP) is 6.31. The highest BCUT2D eigenvalue weighted by Crippen LogP contribution is 2.38. The number of piperazine rings is 1. The summed E-state index contributed by atoms with van der Waals surface area (Å²) in [5.41, 5.74) is 3.76. The molecule has 11 heteroatoms. The fourth-order valence-electron chi connectivity index (χ4n) is 5.68. The molecular formula is C33H37Cl2N5O4. The van der Waals surface area contributed by atoms with E-state index >= 15 is 0 Å². The van der Waals surface area contributed by atoms with Crippen LogP contribution in [0.25, 0.3) is 5.69 Å². The van der Waals surface area contributed by atoms with Gasteiger partial charge in [-0.2, -0.15) is 5.10 Å². The number of hydrogen-bond acceptors (Lipinski definition) is 7. The van der Waals surface area contributed by atoms with E-state index in [0.717, 1.165) is 61.0 Å². The average molecular weight is 639 g/mol. The molecule has 232 valence electrons. The zero-order valence-electron chi connectivity index (χ0n) is 25.2. The topological polar surface area (TPSA) is 74.0 Å². The van der Waals surface area contributed by atoms with Crippen molar-refractivity contribution in [2.75, 3.05) is 49.2 Å². The lowest BCUT2D eigenvalue weighted by Crippen LogP contribution is -2.46. The predicted molar refractivity (Wildman–Crippen MR) is 174 cm³/mol. The van der Waals surface area contributed by atoms with Crippen molar-refractivity contribution in [2.45, 2.75) is 45.1 Å². The van der Waals surface area contributed by atoms with E-state index in [-0.39, 0.29) is 17.8 Å². The number of rotatable bonds is 9. The normalized spacial score (nSPS) is 21.1. The molecule has 44 heavy (non-hydrogen) atoms. The molecule has 3 aromatic carbocycles. The number of anilines is 2. The van der Waals surface area contributed by atoms with Crippen molar-refractivity contribution < 1.29 is 14.2 Å². The molecule has 1 aromatic heterocycles. The molecule has 9 nitrogen and oxygen atoms in total. The van der Waals surface area contributed by atoms with Crippen molar-refractivity contribution in [3.05, 3.63) is 99.2 Å². The summed E-state index contributed by atoms with van der Waals surface area (Å²) in [4.78, 5) is 17.5. The average Bonchev–Trinajstić information content (AvgIpc) is 3.62. The first-order valence-corrected chi connectivity index (χ1v) is 15.8. The Morgan fingerprint density at radius 1 is 0.955 bits per heavy atom. The number of hydrogen-bond donors (Lipinski definition) is 0. The summed E-state index contributed by atoms with van der Waals surface area (Å²) in [6, 6.07) is 21.7. The molecule has 2 fully saturated rings. The maximum Gasteiger partial charge on any atom is 0.350 e. The molecule has 0 saturated carbocycles. The van der Waals surface area contributed by atoms with Gasteiger partial charge >= 0.3 is 5.69 Å². The molecule has 0 unspecified atom stereocenters. The molecular weight excluding hydrogens is 601 g/mol. The van der Waals surface area contributed by atoms with Crippen LogP contribution in [0.5, 0.6) is 5.75 Å². The Balaban J connectivity index is 0.991. The highest BCUT2D eigenvalue weighted by atomic mass is 35.5. The minimum atomic E-state index is -0.944. The number of ether oxygens (including phenoxy) is 3.